The van der Waals surface area contributed by atoms with Crippen molar-refractivity contribution in [3.05, 3.63) is 57.6 Å². The second-order valence-electron chi connectivity index (χ2n) is 6.40. The van der Waals surface area contributed by atoms with E-state index in [0.29, 0.717) is 6.42 Å². The van der Waals surface area contributed by atoms with E-state index >= 15 is 0 Å². The maximum absolute atomic E-state index is 5.74. The summed E-state index contributed by atoms with van der Waals surface area (Å²) in [6, 6.07) is 12.1. The molecule has 1 aliphatic rings. The van der Waals surface area contributed by atoms with E-state index < -0.39 is 0 Å². The Morgan fingerprint density at radius 1 is 1.31 bits per heavy atom. The van der Waals surface area contributed by atoms with E-state index in [2.05, 4.69) is 32.1 Å². The van der Waals surface area contributed by atoms with Gasteiger partial charge in [0.05, 0.1) is 24.8 Å². The average Bonchev–Trinajstić information content (AvgIpc) is 3.10. The summed E-state index contributed by atoms with van der Waals surface area (Å²) in [5.74, 6) is 0.759. The lowest BCUT2D eigenvalue weighted by atomic mass is 9.97. The predicted octanol–water partition coefficient (Wildman–Crippen LogP) is 4.85. The lowest BCUT2D eigenvalue weighted by molar-refractivity contribution is 0.0836. The fraction of sp³-hybridized carbons (Fsp3) is 0.300. The zero-order valence-electron chi connectivity index (χ0n) is 15.4. The minimum absolute atomic E-state index is 0.169. The van der Waals surface area contributed by atoms with E-state index in [1.54, 1.807) is 13.4 Å². The number of aliphatic imine (C=N–C) groups is 1. The van der Waals surface area contributed by atoms with Crippen molar-refractivity contribution < 1.29 is 9.57 Å². The van der Waals surface area contributed by atoms with Crippen molar-refractivity contribution in [2.75, 3.05) is 21.2 Å². The van der Waals surface area contributed by atoms with Crippen LogP contribution in [0.3, 0.4) is 0 Å². The van der Waals surface area contributed by atoms with Gasteiger partial charge in [-0.15, -0.1) is 0 Å². The smallest absolute Gasteiger partial charge is 0.161 e. The minimum Gasteiger partial charge on any atom is -0.496 e. The van der Waals surface area contributed by atoms with E-state index in [-0.39, 0.29) is 6.10 Å². The lowest BCUT2D eigenvalue weighted by Gasteiger charge is -2.16. The number of rotatable bonds is 5. The first-order valence-electron chi connectivity index (χ1n) is 8.36. The Balaban J connectivity index is 1.87. The summed E-state index contributed by atoms with van der Waals surface area (Å²) in [6.07, 6.45) is 2.30. The zero-order chi connectivity index (χ0) is 18.7. The van der Waals surface area contributed by atoms with Crippen LogP contribution in [0.1, 0.15) is 29.2 Å². The van der Waals surface area contributed by atoms with Gasteiger partial charge in [0.15, 0.2) is 6.10 Å². The Kier molecular flexibility index (Phi) is 5.61. The van der Waals surface area contributed by atoms with Crippen molar-refractivity contribution in [2.24, 2.45) is 10.1 Å². The van der Waals surface area contributed by atoms with Crippen molar-refractivity contribution in [3.8, 4) is 5.75 Å². The summed E-state index contributed by atoms with van der Waals surface area (Å²) >= 11 is 3.58. The van der Waals surface area contributed by atoms with Gasteiger partial charge in [-0.25, -0.2) is 4.99 Å². The fourth-order valence-corrected chi connectivity index (χ4v) is 3.36. The highest BCUT2D eigenvalue weighted by Gasteiger charge is 2.28. The largest absolute Gasteiger partial charge is 0.496 e. The van der Waals surface area contributed by atoms with Gasteiger partial charge < -0.3 is 14.5 Å². The molecule has 2 aromatic rings. The summed E-state index contributed by atoms with van der Waals surface area (Å²) in [5.41, 5.74) is 4.91. The zero-order valence-corrected chi connectivity index (χ0v) is 16.9. The van der Waals surface area contributed by atoms with Crippen LogP contribution >= 0.6 is 15.9 Å². The highest BCUT2D eigenvalue weighted by atomic mass is 79.9. The third kappa shape index (κ3) is 3.90. The van der Waals surface area contributed by atoms with Crippen LogP contribution in [0.2, 0.25) is 0 Å². The minimum atomic E-state index is -0.169. The van der Waals surface area contributed by atoms with Crippen molar-refractivity contribution in [3.63, 3.8) is 0 Å². The molecule has 26 heavy (non-hydrogen) atoms. The molecule has 0 saturated heterocycles. The molecule has 3 rings (SSSR count). The molecule has 0 fully saturated rings. The average molecular weight is 416 g/mol. The fourth-order valence-electron chi connectivity index (χ4n) is 2.84. The van der Waals surface area contributed by atoms with E-state index in [0.717, 1.165) is 38.3 Å². The van der Waals surface area contributed by atoms with Gasteiger partial charge >= 0.3 is 0 Å². The van der Waals surface area contributed by atoms with Crippen molar-refractivity contribution in [1.82, 2.24) is 4.90 Å². The molecule has 1 heterocycles. The molecular formula is C20H22BrN3O2. The molecule has 0 aliphatic carbocycles. The molecule has 136 valence electrons. The molecule has 2 aromatic carbocycles. The van der Waals surface area contributed by atoms with E-state index in [9.17, 15) is 0 Å². The molecule has 1 atom stereocenters. The van der Waals surface area contributed by atoms with Crippen LogP contribution in [-0.2, 0) is 4.84 Å². The lowest BCUT2D eigenvalue weighted by Crippen LogP contribution is -2.07. The first kappa shape index (κ1) is 18.5. The monoisotopic (exact) mass is 415 g/mol. The van der Waals surface area contributed by atoms with Crippen molar-refractivity contribution >= 4 is 33.7 Å². The number of benzene rings is 2. The van der Waals surface area contributed by atoms with Gasteiger partial charge in [-0.3, -0.25) is 0 Å². The van der Waals surface area contributed by atoms with Crippen LogP contribution in [0, 0.1) is 6.92 Å². The van der Waals surface area contributed by atoms with Crippen molar-refractivity contribution in [2.45, 2.75) is 19.4 Å². The van der Waals surface area contributed by atoms with Gasteiger partial charge in [0.25, 0.3) is 0 Å². The third-order valence-corrected chi connectivity index (χ3v) is 4.87. The van der Waals surface area contributed by atoms with Gasteiger partial charge in [0.2, 0.25) is 0 Å². The molecule has 0 N–H and O–H groups in total. The van der Waals surface area contributed by atoms with Crippen LogP contribution in [-0.4, -0.2) is 38.2 Å². The molecular weight excluding hydrogens is 394 g/mol. The van der Waals surface area contributed by atoms with E-state index in [1.165, 1.54) is 0 Å². The third-order valence-electron chi connectivity index (χ3n) is 4.18. The molecule has 0 spiro atoms. The van der Waals surface area contributed by atoms with Crippen LogP contribution in [0.4, 0.5) is 5.69 Å². The highest BCUT2D eigenvalue weighted by molar-refractivity contribution is 9.10. The summed E-state index contributed by atoms with van der Waals surface area (Å²) in [6.45, 7) is 2.04. The maximum atomic E-state index is 5.74. The molecule has 5 nitrogen and oxygen atoms in total. The number of nitrogens with zero attached hydrogens (tertiary/aromatic N) is 3. The number of hydrogen-bond donors (Lipinski definition) is 0. The number of halogens is 1. The Labute approximate surface area is 162 Å². The highest BCUT2D eigenvalue weighted by Crippen LogP contribution is 2.39. The van der Waals surface area contributed by atoms with Crippen molar-refractivity contribution in [1.29, 1.82) is 0 Å². The Morgan fingerprint density at radius 3 is 2.77 bits per heavy atom. The molecule has 0 bridgehead atoms. The SMILES string of the molecule is COc1cc(/N=C\N(C)C)c(C)cc1C1CC(c2ccccc2Br)=NO1. The Bertz CT molecular complexity index is 862. The van der Waals surface area contributed by atoms with Gasteiger partial charge in [0.1, 0.15) is 5.75 Å². The maximum Gasteiger partial charge on any atom is 0.161 e. The Hall–Kier alpha value is -2.34. The first-order chi connectivity index (χ1) is 12.5. The topological polar surface area (TPSA) is 46.4 Å². The quantitative estimate of drug-likeness (QED) is 0.517. The molecule has 0 radical (unpaired) electrons. The summed E-state index contributed by atoms with van der Waals surface area (Å²) < 4.78 is 6.61. The number of hydrogen-bond acceptors (Lipinski definition) is 4. The molecule has 0 amide bonds. The molecule has 0 aromatic heterocycles. The summed E-state index contributed by atoms with van der Waals surface area (Å²) in [7, 11) is 5.55. The molecule has 6 heteroatoms. The van der Waals surface area contributed by atoms with Crippen LogP contribution in [0.15, 0.2) is 51.0 Å². The summed E-state index contributed by atoms with van der Waals surface area (Å²) in [4.78, 5) is 12.1. The van der Waals surface area contributed by atoms with Gasteiger partial charge in [-0.2, -0.15) is 0 Å². The second kappa shape index (κ2) is 7.91. The number of methoxy groups -OCH3 is 1. The van der Waals surface area contributed by atoms with Gasteiger partial charge in [-0.05, 0) is 24.6 Å². The Morgan fingerprint density at radius 2 is 2.08 bits per heavy atom. The van der Waals surface area contributed by atoms with Crippen LogP contribution in [0.25, 0.3) is 0 Å². The number of aryl methyl sites for hydroxylation is 1. The first-order valence-corrected chi connectivity index (χ1v) is 9.15. The molecule has 0 saturated carbocycles. The second-order valence-corrected chi connectivity index (χ2v) is 7.26. The molecule has 1 unspecified atom stereocenters. The van der Waals surface area contributed by atoms with Crippen LogP contribution < -0.4 is 4.74 Å². The number of oxime groups is 1. The van der Waals surface area contributed by atoms with E-state index in [1.807, 2.05) is 56.3 Å². The van der Waals surface area contributed by atoms with Crippen LogP contribution in [0.5, 0.6) is 5.75 Å². The normalized spacial score (nSPS) is 16.5. The standard InChI is InChI=1S/C20H22BrN3O2/c1-13-9-15(19(25-4)10-17(13)22-12-24(2)3)20-11-18(23-26-20)14-7-5-6-8-16(14)21/h5-10,12,20H,11H2,1-4H3/b22-12-. The predicted molar refractivity (Wildman–Crippen MR) is 109 cm³/mol. The summed E-state index contributed by atoms with van der Waals surface area (Å²) in [5, 5.41) is 4.31. The van der Waals surface area contributed by atoms with Gasteiger partial charge in [-0.1, -0.05) is 39.3 Å². The van der Waals surface area contributed by atoms with E-state index in [4.69, 9.17) is 9.57 Å². The molecule has 1 aliphatic heterocycles. The number of ether oxygens (including phenoxy) is 1. The van der Waals surface area contributed by atoms with Gasteiger partial charge in [0, 0.05) is 42.2 Å².